The van der Waals surface area contributed by atoms with Gasteiger partial charge in [-0.05, 0) is 37.3 Å². The number of hydrogen-bond acceptors (Lipinski definition) is 1. The highest BCUT2D eigenvalue weighted by Gasteiger charge is 1.90. The molecule has 0 spiro atoms. The molecule has 0 aromatic carbocycles. The van der Waals surface area contributed by atoms with E-state index < -0.39 is 0 Å². The Bertz CT molecular complexity index is 262. The molecule has 0 atom stereocenters. The van der Waals surface area contributed by atoms with E-state index in [-0.39, 0.29) is 0 Å². The minimum Gasteiger partial charge on any atom is -0.261 e. The molecule has 0 saturated heterocycles. The molecule has 0 aliphatic rings. The van der Waals surface area contributed by atoms with Gasteiger partial charge in [0.25, 0.3) is 0 Å². The van der Waals surface area contributed by atoms with Gasteiger partial charge in [0.05, 0.1) is 0 Å². The summed E-state index contributed by atoms with van der Waals surface area (Å²) in [6.45, 7) is 4.48. The average Bonchev–Trinajstić information content (AvgIpc) is 2.18. The Labute approximate surface area is 86.9 Å². The largest absolute Gasteiger partial charge is 0.261 e. The third-order valence-electron chi connectivity index (χ3n) is 2.07. The minimum absolute atomic E-state index is 0.765. The molecule has 14 heavy (non-hydrogen) atoms. The van der Waals surface area contributed by atoms with Gasteiger partial charge in [0.2, 0.25) is 0 Å². The molecule has 0 amide bonds. The molecule has 76 valence electrons. The predicted molar refractivity (Wildman–Crippen MR) is 61.2 cm³/mol. The number of aryl methyl sites for hydroxylation is 1. The summed E-state index contributed by atoms with van der Waals surface area (Å²) < 4.78 is 0. The van der Waals surface area contributed by atoms with Crippen LogP contribution in [0.1, 0.15) is 32.4 Å². The third kappa shape index (κ3) is 4.80. The molecule has 1 heterocycles. The molecule has 0 saturated carbocycles. The SMILES string of the molecule is CC(C)C/C=C/CCc1ccccn1. The molecular formula is C13H19N. The maximum Gasteiger partial charge on any atom is 0.0406 e. The Balaban J connectivity index is 2.19. The molecule has 0 aliphatic heterocycles. The van der Waals surface area contributed by atoms with Crippen molar-refractivity contribution in [3.8, 4) is 0 Å². The van der Waals surface area contributed by atoms with Crippen molar-refractivity contribution in [3.63, 3.8) is 0 Å². The van der Waals surface area contributed by atoms with Crippen molar-refractivity contribution in [3.05, 3.63) is 42.2 Å². The molecule has 1 aromatic rings. The normalized spacial score (nSPS) is 11.4. The molecule has 1 aromatic heterocycles. The monoisotopic (exact) mass is 189 g/mol. The van der Waals surface area contributed by atoms with Crippen molar-refractivity contribution in [2.24, 2.45) is 5.92 Å². The van der Waals surface area contributed by atoms with E-state index in [1.165, 1.54) is 12.1 Å². The standard InChI is InChI=1S/C13H19N/c1-12(2)8-4-3-5-9-13-10-6-7-11-14-13/h3-4,6-7,10-12H,5,8-9H2,1-2H3/b4-3+. The highest BCUT2D eigenvalue weighted by atomic mass is 14.7. The first-order valence-electron chi connectivity index (χ1n) is 5.34. The van der Waals surface area contributed by atoms with Gasteiger partial charge < -0.3 is 0 Å². The second-order valence-corrected chi connectivity index (χ2v) is 3.96. The topological polar surface area (TPSA) is 12.9 Å². The summed E-state index contributed by atoms with van der Waals surface area (Å²) in [5.74, 6) is 0.765. The van der Waals surface area contributed by atoms with Gasteiger partial charge in [-0.15, -0.1) is 0 Å². The molecule has 1 nitrogen and oxygen atoms in total. The number of aromatic nitrogens is 1. The van der Waals surface area contributed by atoms with Gasteiger partial charge in [0.1, 0.15) is 0 Å². The smallest absolute Gasteiger partial charge is 0.0406 e. The lowest BCUT2D eigenvalue weighted by molar-refractivity contribution is 0.662. The first-order valence-corrected chi connectivity index (χ1v) is 5.34. The molecule has 0 N–H and O–H groups in total. The Morgan fingerprint density at radius 1 is 1.29 bits per heavy atom. The fraction of sp³-hybridized carbons (Fsp3) is 0.462. The Morgan fingerprint density at radius 2 is 2.14 bits per heavy atom. The quantitative estimate of drug-likeness (QED) is 0.645. The highest BCUT2D eigenvalue weighted by molar-refractivity contribution is 5.04. The highest BCUT2D eigenvalue weighted by Crippen LogP contribution is 2.03. The molecule has 0 radical (unpaired) electrons. The van der Waals surface area contributed by atoms with Gasteiger partial charge in [-0.3, -0.25) is 4.98 Å². The molecular weight excluding hydrogens is 170 g/mol. The van der Waals surface area contributed by atoms with Crippen LogP contribution in [0.15, 0.2) is 36.5 Å². The van der Waals surface area contributed by atoms with Crippen LogP contribution >= 0.6 is 0 Å². The first kappa shape index (κ1) is 11.0. The van der Waals surface area contributed by atoms with Crippen molar-refractivity contribution in [1.29, 1.82) is 0 Å². The van der Waals surface area contributed by atoms with Gasteiger partial charge in [-0.25, -0.2) is 0 Å². The maximum atomic E-state index is 4.28. The van der Waals surface area contributed by atoms with Crippen LogP contribution in [0.3, 0.4) is 0 Å². The van der Waals surface area contributed by atoms with Gasteiger partial charge in [0.15, 0.2) is 0 Å². The van der Waals surface area contributed by atoms with Gasteiger partial charge in [-0.1, -0.05) is 32.1 Å². The van der Waals surface area contributed by atoms with E-state index in [4.69, 9.17) is 0 Å². The summed E-state index contributed by atoms with van der Waals surface area (Å²) >= 11 is 0. The van der Waals surface area contributed by atoms with Gasteiger partial charge >= 0.3 is 0 Å². The summed E-state index contributed by atoms with van der Waals surface area (Å²) in [7, 11) is 0. The summed E-state index contributed by atoms with van der Waals surface area (Å²) in [6, 6.07) is 6.08. The van der Waals surface area contributed by atoms with Crippen LogP contribution in [0, 0.1) is 5.92 Å². The number of allylic oxidation sites excluding steroid dienone is 2. The summed E-state index contributed by atoms with van der Waals surface area (Å²) in [6.07, 6.45) is 9.72. The summed E-state index contributed by atoms with van der Waals surface area (Å²) in [5.41, 5.74) is 1.18. The van der Waals surface area contributed by atoms with Gasteiger partial charge in [-0.2, -0.15) is 0 Å². The Morgan fingerprint density at radius 3 is 2.79 bits per heavy atom. The average molecular weight is 189 g/mol. The van der Waals surface area contributed by atoms with Crippen LogP contribution < -0.4 is 0 Å². The molecule has 1 rings (SSSR count). The molecule has 1 heteroatoms. The first-order chi connectivity index (χ1) is 6.79. The molecule has 0 fully saturated rings. The lowest BCUT2D eigenvalue weighted by atomic mass is 10.1. The zero-order chi connectivity index (χ0) is 10.2. The predicted octanol–water partition coefficient (Wildman–Crippen LogP) is 3.62. The lowest BCUT2D eigenvalue weighted by Crippen LogP contribution is -1.87. The van der Waals surface area contributed by atoms with Crippen molar-refractivity contribution in [2.45, 2.75) is 33.1 Å². The maximum absolute atomic E-state index is 4.28. The number of nitrogens with zero attached hydrogens (tertiary/aromatic N) is 1. The zero-order valence-corrected chi connectivity index (χ0v) is 9.11. The van der Waals surface area contributed by atoms with Crippen molar-refractivity contribution < 1.29 is 0 Å². The fourth-order valence-corrected chi connectivity index (χ4v) is 1.26. The Hall–Kier alpha value is -1.11. The van der Waals surface area contributed by atoms with Crippen molar-refractivity contribution in [2.75, 3.05) is 0 Å². The van der Waals surface area contributed by atoms with E-state index in [1.807, 2.05) is 18.3 Å². The van der Waals surface area contributed by atoms with Crippen LogP contribution in [-0.2, 0) is 6.42 Å². The van der Waals surface area contributed by atoms with Crippen molar-refractivity contribution in [1.82, 2.24) is 4.98 Å². The second-order valence-electron chi connectivity index (χ2n) is 3.96. The van der Waals surface area contributed by atoms with Crippen LogP contribution in [-0.4, -0.2) is 4.98 Å². The number of pyridine rings is 1. The molecule has 0 aliphatic carbocycles. The fourth-order valence-electron chi connectivity index (χ4n) is 1.26. The van der Waals surface area contributed by atoms with Crippen molar-refractivity contribution >= 4 is 0 Å². The van der Waals surface area contributed by atoms with E-state index in [0.717, 1.165) is 18.8 Å². The van der Waals surface area contributed by atoms with E-state index in [0.29, 0.717) is 0 Å². The molecule has 0 unspecified atom stereocenters. The van der Waals surface area contributed by atoms with E-state index in [9.17, 15) is 0 Å². The minimum atomic E-state index is 0.765. The number of rotatable bonds is 5. The van der Waals surface area contributed by atoms with E-state index in [1.54, 1.807) is 0 Å². The van der Waals surface area contributed by atoms with E-state index in [2.05, 4.69) is 37.0 Å². The third-order valence-corrected chi connectivity index (χ3v) is 2.07. The van der Waals surface area contributed by atoms with Gasteiger partial charge in [0, 0.05) is 11.9 Å². The lowest BCUT2D eigenvalue weighted by Gasteiger charge is -1.97. The van der Waals surface area contributed by atoms with Crippen LogP contribution in [0.2, 0.25) is 0 Å². The van der Waals surface area contributed by atoms with E-state index >= 15 is 0 Å². The van der Waals surface area contributed by atoms with Crippen LogP contribution in [0.25, 0.3) is 0 Å². The zero-order valence-electron chi connectivity index (χ0n) is 9.11. The van der Waals surface area contributed by atoms with Crippen LogP contribution in [0.4, 0.5) is 0 Å². The Kier molecular flexibility index (Phi) is 4.98. The summed E-state index contributed by atoms with van der Waals surface area (Å²) in [4.78, 5) is 4.28. The van der Waals surface area contributed by atoms with Crippen LogP contribution in [0.5, 0.6) is 0 Å². The molecule has 0 bridgehead atoms. The number of hydrogen-bond donors (Lipinski definition) is 0. The summed E-state index contributed by atoms with van der Waals surface area (Å²) in [5, 5.41) is 0. The second kappa shape index (κ2) is 6.36.